The first-order chi connectivity index (χ1) is 29.9. The lowest BCUT2D eigenvalue weighted by Crippen LogP contribution is -2.69. The number of carbonyl (C=O) groups excluding carboxylic acids is 2. The zero-order valence-electron chi connectivity index (χ0n) is 35.5. The highest BCUT2D eigenvalue weighted by Gasteiger charge is 2.69. The smallest absolute Gasteiger partial charge is 0.243 e. The number of likely N-dealkylation sites (tertiary alicyclic amines) is 1. The molecule has 4 aromatic heterocycles. The van der Waals surface area contributed by atoms with E-state index in [4.69, 9.17) is 4.52 Å². The van der Waals surface area contributed by atoms with E-state index in [1.807, 2.05) is 81.7 Å². The fraction of sp³-hybridized carbons (Fsp3) is 0.447. The number of aliphatic hydroxyl groups is 1. The van der Waals surface area contributed by atoms with Gasteiger partial charge in [-0.1, -0.05) is 55.4 Å². The summed E-state index contributed by atoms with van der Waals surface area (Å²) in [6, 6.07) is 20.3. The number of aromatic nitrogens is 5. The molecule has 2 aliphatic heterocycles. The zero-order chi connectivity index (χ0) is 42.9. The lowest BCUT2D eigenvalue weighted by atomic mass is 9.34. The molecule has 15 heteroatoms. The first kappa shape index (κ1) is 40.4. The largest absolute Gasteiger partial charge is 0.507 e. The lowest BCUT2D eigenvalue weighted by molar-refractivity contribution is -0.158. The fourth-order valence-corrected chi connectivity index (χ4v) is 11.6. The minimum atomic E-state index is -0.800. The highest BCUT2D eigenvalue weighted by atomic mass is 32.1. The van der Waals surface area contributed by atoms with Crippen LogP contribution in [0.1, 0.15) is 81.1 Å². The molecule has 3 saturated carbocycles. The average Bonchev–Trinajstić information content (AvgIpc) is 4.06. The number of aromatic amines is 1. The molecule has 322 valence electrons. The number of H-pyrrole nitrogens is 1. The summed E-state index contributed by atoms with van der Waals surface area (Å²) in [4.78, 5) is 43.4. The quantitative estimate of drug-likeness (QED) is 0.105. The highest BCUT2D eigenvalue weighted by Crippen LogP contribution is 2.73. The van der Waals surface area contributed by atoms with Gasteiger partial charge in [0.15, 0.2) is 17.2 Å². The second kappa shape index (κ2) is 15.6. The van der Waals surface area contributed by atoms with Crippen molar-refractivity contribution in [1.29, 1.82) is 0 Å². The molecule has 2 bridgehead atoms. The third-order valence-corrected chi connectivity index (χ3v) is 14.9. The SMILES string of the molecule is Cc1ncsc1-c1ccc([C@H](C)NC(=O)[C@@H]2C[C@@H](O)CN2C(=O)[C@@H](c2cc(N3CCN(CC45CC(c6cc7cc(-c8ccccc8O)nnc7[nH]6)(C4)C5)CC3)no2)C(C)C)cc1. The maximum absolute atomic E-state index is 14.3. The topological polar surface area (TPSA) is 177 Å². The second-order valence-electron chi connectivity index (χ2n) is 18.6. The molecule has 5 fully saturated rings. The van der Waals surface area contributed by atoms with Gasteiger partial charge >= 0.3 is 0 Å². The number of aromatic hydroxyl groups is 1. The monoisotopic (exact) mass is 855 g/mol. The molecular weight excluding hydrogens is 803 g/mol. The molecule has 62 heavy (non-hydrogen) atoms. The number of piperazine rings is 1. The number of phenols is 1. The number of carbonyl (C=O) groups is 2. The zero-order valence-corrected chi connectivity index (χ0v) is 36.4. The summed E-state index contributed by atoms with van der Waals surface area (Å²) in [7, 11) is 0. The third-order valence-electron chi connectivity index (χ3n) is 13.9. The number of aliphatic hydroxyl groups excluding tert-OH is 1. The number of anilines is 1. The van der Waals surface area contributed by atoms with Crippen molar-refractivity contribution in [3.63, 3.8) is 0 Å². The average molecular weight is 856 g/mol. The summed E-state index contributed by atoms with van der Waals surface area (Å²) < 4.78 is 5.92. The Morgan fingerprint density at radius 1 is 1.00 bits per heavy atom. The molecule has 5 aliphatic rings. The first-order valence-corrected chi connectivity index (χ1v) is 22.6. The Morgan fingerprint density at radius 3 is 2.47 bits per heavy atom. The number of nitrogens with zero attached hydrogens (tertiary/aromatic N) is 7. The van der Waals surface area contributed by atoms with E-state index in [9.17, 15) is 19.8 Å². The summed E-state index contributed by atoms with van der Waals surface area (Å²) in [5.74, 6) is 0.0799. The molecular formula is C47H53N9O5S. The number of nitrogens with one attached hydrogen (secondary N) is 2. The van der Waals surface area contributed by atoms with E-state index in [0.29, 0.717) is 22.4 Å². The predicted octanol–water partition coefficient (Wildman–Crippen LogP) is 6.57. The van der Waals surface area contributed by atoms with Crippen LogP contribution in [-0.2, 0) is 15.0 Å². The minimum Gasteiger partial charge on any atom is -0.507 e. The van der Waals surface area contributed by atoms with Gasteiger partial charge in [-0.25, -0.2) is 4.98 Å². The molecule has 0 unspecified atom stereocenters. The molecule has 4 atom stereocenters. The van der Waals surface area contributed by atoms with Crippen LogP contribution >= 0.6 is 11.3 Å². The van der Waals surface area contributed by atoms with Crippen LogP contribution in [0.5, 0.6) is 5.75 Å². The Bertz CT molecular complexity index is 2610. The summed E-state index contributed by atoms with van der Waals surface area (Å²) in [5, 5.41) is 38.5. The molecule has 4 N–H and O–H groups in total. The number of para-hydroxylation sites is 1. The van der Waals surface area contributed by atoms with Gasteiger partial charge in [0.2, 0.25) is 11.8 Å². The lowest BCUT2D eigenvalue weighted by Gasteiger charge is -2.71. The van der Waals surface area contributed by atoms with Crippen molar-refractivity contribution in [3.05, 3.63) is 95.0 Å². The Hall–Kier alpha value is -5.64. The molecule has 3 aliphatic carbocycles. The van der Waals surface area contributed by atoms with E-state index < -0.39 is 18.1 Å². The van der Waals surface area contributed by atoms with Crippen LogP contribution < -0.4 is 10.2 Å². The normalized spacial score (nSPS) is 24.5. The molecule has 2 saturated heterocycles. The number of benzene rings is 2. The molecule has 14 nitrogen and oxygen atoms in total. The molecule has 2 aromatic carbocycles. The van der Waals surface area contributed by atoms with Gasteiger partial charge in [0.1, 0.15) is 17.7 Å². The van der Waals surface area contributed by atoms with E-state index in [0.717, 1.165) is 90.5 Å². The molecule has 0 spiro atoms. The van der Waals surface area contributed by atoms with Gasteiger partial charge in [-0.2, -0.15) is 0 Å². The highest BCUT2D eigenvalue weighted by molar-refractivity contribution is 7.13. The van der Waals surface area contributed by atoms with E-state index in [1.165, 1.54) is 10.6 Å². The number of fused-ring (bicyclic) bond motifs is 1. The molecule has 6 aromatic rings. The van der Waals surface area contributed by atoms with Crippen LogP contribution in [0.4, 0.5) is 5.82 Å². The third kappa shape index (κ3) is 7.23. The Labute approximate surface area is 364 Å². The van der Waals surface area contributed by atoms with Crippen LogP contribution in [0.2, 0.25) is 0 Å². The standard InChI is InChI=1S/C47H53N9O5S/c1-27(2)41(45(60)56-21-33(57)19-36(56)44(59)49-28(3)30-9-11-31(12-10-30)42-29(4)48-26-62-42)38-20-40(53-61-38)55-15-13-54(14-16-55)25-46-22-47(23-46,24-46)39-18-32-17-35(51-52-43(32)50-39)34-7-5-6-8-37(34)58/h5-12,17-18,20,26-28,33,36,41,57-58H,13-16,19,21-25H2,1-4H3,(H,49,59)(H,50,52)/t28-,33+,36-,41+,46?,47?/m0/s1. The predicted molar refractivity (Wildman–Crippen MR) is 237 cm³/mol. The summed E-state index contributed by atoms with van der Waals surface area (Å²) in [5.41, 5.74) is 8.71. The van der Waals surface area contributed by atoms with Crippen LogP contribution in [0.25, 0.3) is 32.7 Å². The van der Waals surface area contributed by atoms with Crippen LogP contribution in [0, 0.1) is 18.3 Å². The van der Waals surface area contributed by atoms with Crippen LogP contribution in [-0.4, -0.2) is 109 Å². The number of thiazole rings is 1. The summed E-state index contributed by atoms with van der Waals surface area (Å²) in [6.45, 7) is 12.5. The van der Waals surface area contributed by atoms with Gasteiger partial charge in [-0.05, 0) is 79.8 Å². The Morgan fingerprint density at radius 2 is 1.76 bits per heavy atom. The first-order valence-electron chi connectivity index (χ1n) is 21.8. The maximum atomic E-state index is 14.3. The number of amides is 2. The van der Waals surface area contributed by atoms with Gasteiger partial charge in [0.05, 0.1) is 33.9 Å². The molecule has 11 rings (SSSR count). The number of hydrogen-bond donors (Lipinski definition) is 4. The van der Waals surface area contributed by atoms with E-state index in [-0.39, 0.29) is 47.9 Å². The van der Waals surface area contributed by atoms with E-state index in [2.05, 4.69) is 46.5 Å². The van der Waals surface area contributed by atoms with Crippen LogP contribution in [0.3, 0.4) is 0 Å². The maximum Gasteiger partial charge on any atom is 0.243 e. The van der Waals surface area contributed by atoms with Gasteiger partial charge in [0.25, 0.3) is 0 Å². The number of phenolic OH excluding ortho intramolecular Hbond substituents is 1. The van der Waals surface area contributed by atoms with Crippen molar-refractivity contribution in [3.8, 4) is 27.4 Å². The van der Waals surface area contributed by atoms with Crippen molar-refractivity contribution in [2.75, 3.05) is 44.2 Å². The number of hydrogen-bond acceptors (Lipinski definition) is 12. The fourth-order valence-electron chi connectivity index (χ4n) is 10.8. The molecule has 0 radical (unpaired) electrons. The van der Waals surface area contributed by atoms with Gasteiger partial charge < -0.3 is 34.8 Å². The van der Waals surface area contributed by atoms with E-state index >= 15 is 0 Å². The van der Waals surface area contributed by atoms with Crippen molar-refractivity contribution < 1.29 is 24.3 Å². The van der Waals surface area contributed by atoms with Crippen LogP contribution in [0.15, 0.2) is 76.8 Å². The summed E-state index contributed by atoms with van der Waals surface area (Å²) >= 11 is 1.60. The van der Waals surface area contributed by atoms with Crippen molar-refractivity contribution in [2.24, 2.45) is 11.3 Å². The van der Waals surface area contributed by atoms with Crippen molar-refractivity contribution in [2.45, 2.75) is 82.9 Å². The van der Waals surface area contributed by atoms with Gasteiger partial charge in [0, 0.05) is 73.8 Å². The Kier molecular flexibility index (Phi) is 10.2. The minimum absolute atomic E-state index is 0.0845. The number of β-amino-alcohol motifs (C(OH)–C–C–N with tert-alkyl or cyclic N) is 1. The Balaban J connectivity index is 0.733. The van der Waals surface area contributed by atoms with E-state index in [1.54, 1.807) is 23.5 Å². The second-order valence-corrected chi connectivity index (χ2v) is 19.5. The van der Waals surface area contributed by atoms with Gasteiger partial charge in [-0.15, -0.1) is 21.5 Å². The van der Waals surface area contributed by atoms with Crippen molar-refractivity contribution in [1.82, 2.24) is 40.4 Å². The van der Waals surface area contributed by atoms with Crippen molar-refractivity contribution >= 4 is 40.0 Å². The number of aryl methyl sites for hydroxylation is 1. The molecule has 6 heterocycles. The summed E-state index contributed by atoms with van der Waals surface area (Å²) in [6.07, 6.45) is 2.84. The molecule has 2 amide bonds. The van der Waals surface area contributed by atoms with Gasteiger partial charge in [-0.3, -0.25) is 14.5 Å². The number of rotatable bonds is 12.